The van der Waals surface area contributed by atoms with Gasteiger partial charge in [-0.3, -0.25) is 24.0 Å². The first-order chi connectivity index (χ1) is 19.2. The third-order valence-corrected chi connectivity index (χ3v) is 10.8. The molecule has 0 saturated heterocycles. The van der Waals surface area contributed by atoms with Crippen molar-refractivity contribution in [2.75, 3.05) is 6.61 Å². The number of fused-ring (bicyclic) bond motifs is 5. The van der Waals surface area contributed by atoms with E-state index >= 15 is 0 Å². The summed E-state index contributed by atoms with van der Waals surface area (Å²) in [5, 5.41) is 31.8. The molecule has 0 radical (unpaired) electrons. The van der Waals surface area contributed by atoms with Crippen molar-refractivity contribution < 1.29 is 48.8 Å². The summed E-state index contributed by atoms with van der Waals surface area (Å²) in [4.78, 5) is 71.7. The van der Waals surface area contributed by atoms with Gasteiger partial charge in [0.15, 0.2) is 12.4 Å². The van der Waals surface area contributed by atoms with E-state index in [-0.39, 0.29) is 23.5 Å². The fourth-order valence-corrected chi connectivity index (χ4v) is 8.38. The summed E-state index contributed by atoms with van der Waals surface area (Å²) in [5.41, 5.74) is -1.05. The largest absolute Gasteiger partial charge is 0.481 e. The van der Waals surface area contributed by atoms with Gasteiger partial charge >= 0.3 is 17.9 Å². The lowest BCUT2D eigenvalue weighted by atomic mass is 9.46. The van der Waals surface area contributed by atoms with Crippen LogP contribution < -0.4 is 5.32 Å². The molecule has 0 aromatic rings. The third kappa shape index (κ3) is 5.82. The molecule has 1 unspecified atom stereocenters. The van der Waals surface area contributed by atoms with Crippen molar-refractivity contribution in [2.24, 2.45) is 28.6 Å². The normalized spacial score (nSPS) is 34.8. The fraction of sp³-hybridized carbons (Fsp3) is 0.733. The van der Waals surface area contributed by atoms with E-state index < -0.39 is 72.5 Å². The monoisotopic (exact) mass is 575 g/mol. The minimum absolute atomic E-state index is 0.0224. The van der Waals surface area contributed by atoms with Crippen LogP contribution in [0.1, 0.15) is 90.9 Å². The summed E-state index contributed by atoms with van der Waals surface area (Å²) >= 11 is 0. The Morgan fingerprint density at radius 3 is 2.37 bits per heavy atom. The molecule has 226 valence electrons. The van der Waals surface area contributed by atoms with Crippen LogP contribution in [0.15, 0.2) is 11.6 Å². The molecule has 4 N–H and O–H groups in total. The van der Waals surface area contributed by atoms with Crippen molar-refractivity contribution in [1.29, 1.82) is 0 Å². The van der Waals surface area contributed by atoms with Crippen LogP contribution >= 0.6 is 0 Å². The second-order valence-corrected chi connectivity index (χ2v) is 12.8. The number of nitrogens with one attached hydrogen (secondary N) is 1. The van der Waals surface area contributed by atoms with Crippen LogP contribution in [0.4, 0.5) is 0 Å². The number of carbonyl (C=O) groups excluding carboxylic acids is 4. The van der Waals surface area contributed by atoms with Gasteiger partial charge < -0.3 is 25.4 Å². The van der Waals surface area contributed by atoms with Gasteiger partial charge in [-0.1, -0.05) is 19.4 Å². The molecule has 3 fully saturated rings. The van der Waals surface area contributed by atoms with Crippen molar-refractivity contribution in [3.8, 4) is 0 Å². The zero-order valence-electron chi connectivity index (χ0n) is 23.8. The highest BCUT2D eigenvalue weighted by atomic mass is 16.5. The molecule has 0 spiro atoms. The second-order valence-electron chi connectivity index (χ2n) is 12.8. The van der Waals surface area contributed by atoms with Crippen LogP contribution in [0.5, 0.6) is 0 Å². The summed E-state index contributed by atoms with van der Waals surface area (Å²) in [6.07, 6.45) is 6.04. The average molecular weight is 576 g/mol. The Morgan fingerprint density at radius 2 is 1.68 bits per heavy atom. The van der Waals surface area contributed by atoms with Gasteiger partial charge in [-0.15, -0.1) is 0 Å². The molecule has 0 aliphatic heterocycles. The number of amides is 1. The SMILES string of the molecule is C[C@]12CCC(=O)C=C1CC[C@@H]1[C@@H]2CC[C@@]2(C)[C@H]1CC[C@]2(O)C(=O)COC(=O)CCC(=O)NC(CCC(=O)O)C(=O)O. The molecule has 3 saturated carbocycles. The van der Waals surface area contributed by atoms with Crippen LogP contribution in [0.2, 0.25) is 0 Å². The minimum Gasteiger partial charge on any atom is -0.481 e. The number of esters is 1. The van der Waals surface area contributed by atoms with E-state index in [0.29, 0.717) is 37.5 Å². The molecule has 0 heterocycles. The average Bonchev–Trinajstić information content (AvgIpc) is 3.20. The number of rotatable bonds is 11. The Bertz CT molecular complexity index is 1160. The standard InChI is InChI=1S/C30H41NO10/c1-28-12-9-18(32)15-17(28)3-4-19-20(28)10-13-29(2)21(19)11-14-30(29,40)23(33)16-41-26(37)8-6-24(34)31-22(27(38)39)5-7-25(35)36/h15,19-22,40H,3-14,16H2,1-2H3,(H,31,34)(H,35,36)(H,38,39)/t19-,20+,21+,22?,28+,29+,30+/m1/s1. The predicted molar refractivity (Wildman–Crippen MR) is 143 cm³/mol. The maximum Gasteiger partial charge on any atom is 0.326 e. The molecular formula is C30H41NO10. The van der Waals surface area contributed by atoms with Gasteiger partial charge in [0.1, 0.15) is 11.6 Å². The smallest absolute Gasteiger partial charge is 0.326 e. The van der Waals surface area contributed by atoms with Crippen LogP contribution in [-0.4, -0.2) is 69.0 Å². The number of carbonyl (C=O) groups is 6. The summed E-state index contributed by atoms with van der Waals surface area (Å²) in [6, 6.07) is -1.40. The van der Waals surface area contributed by atoms with Gasteiger partial charge in [-0.25, -0.2) is 4.79 Å². The topological polar surface area (TPSA) is 184 Å². The Morgan fingerprint density at radius 1 is 0.976 bits per heavy atom. The summed E-state index contributed by atoms with van der Waals surface area (Å²) in [7, 11) is 0. The Balaban J connectivity index is 1.31. The molecule has 0 aromatic carbocycles. The fourth-order valence-electron chi connectivity index (χ4n) is 8.38. The number of carboxylic acids is 2. The molecule has 4 aliphatic carbocycles. The molecular weight excluding hydrogens is 534 g/mol. The summed E-state index contributed by atoms with van der Waals surface area (Å²) in [6.45, 7) is 3.64. The zero-order valence-corrected chi connectivity index (χ0v) is 23.8. The van der Waals surface area contributed by atoms with E-state index in [0.717, 1.165) is 25.7 Å². The Hall–Kier alpha value is -3.08. The lowest BCUT2D eigenvalue weighted by Crippen LogP contribution is -2.58. The van der Waals surface area contributed by atoms with E-state index in [1.165, 1.54) is 5.57 Å². The molecule has 7 atom stereocenters. The highest BCUT2D eigenvalue weighted by Crippen LogP contribution is 2.67. The van der Waals surface area contributed by atoms with E-state index in [1.807, 2.05) is 13.0 Å². The first kappa shape index (κ1) is 30.9. The third-order valence-electron chi connectivity index (χ3n) is 10.8. The number of aliphatic hydroxyl groups is 1. The molecule has 11 nitrogen and oxygen atoms in total. The Labute approximate surface area is 239 Å². The first-order valence-corrected chi connectivity index (χ1v) is 14.6. The minimum atomic E-state index is -1.63. The number of allylic oxidation sites excluding steroid dienone is 1. The van der Waals surface area contributed by atoms with Gasteiger partial charge in [-0.2, -0.15) is 0 Å². The van der Waals surface area contributed by atoms with E-state index in [1.54, 1.807) is 0 Å². The summed E-state index contributed by atoms with van der Waals surface area (Å²) in [5.74, 6) is -3.62. The Kier molecular flexibility index (Phi) is 8.78. The number of aliphatic carboxylic acids is 2. The molecule has 4 rings (SSSR count). The predicted octanol–water partition coefficient (Wildman–Crippen LogP) is 2.58. The highest BCUT2D eigenvalue weighted by molar-refractivity contribution is 5.92. The van der Waals surface area contributed by atoms with Gasteiger partial charge in [0, 0.05) is 24.7 Å². The maximum atomic E-state index is 13.3. The molecule has 1 amide bonds. The zero-order chi connectivity index (χ0) is 30.2. The van der Waals surface area contributed by atoms with Crippen LogP contribution in [0.3, 0.4) is 0 Å². The van der Waals surface area contributed by atoms with Crippen molar-refractivity contribution in [1.82, 2.24) is 5.32 Å². The van der Waals surface area contributed by atoms with Crippen LogP contribution in [-0.2, 0) is 33.5 Å². The number of Topliss-reactive ketones (excluding diaryl/α,β-unsaturated/α-hetero) is 1. The number of ether oxygens (including phenoxy) is 1. The van der Waals surface area contributed by atoms with Crippen LogP contribution in [0.25, 0.3) is 0 Å². The van der Waals surface area contributed by atoms with Crippen molar-refractivity contribution in [3.05, 3.63) is 11.6 Å². The number of carboxylic acid groups (broad SMARTS) is 2. The summed E-state index contributed by atoms with van der Waals surface area (Å²) < 4.78 is 5.13. The van der Waals surface area contributed by atoms with E-state index in [4.69, 9.17) is 14.9 Å². The van der Waals surface area contributed by atoms with Crippen molar-refractivity contribution in [2.45, 2.75) is 103 Å². The van der Waals surface area contributed by atoms with E-state index in [9.17, 15) is 33.9 Å². The maximum absolute atomic E-state index is 13.3. The van der Waals surface area contributed by atoms with Gasteiger partial charge in [0.2, 0.25) is 11.7 Å². The van der Waals surface area contributed by atoms with E-state index in [2.05, 4.69) is 12.2 Å². The number of hydrogen-bond donors (Lipinski definition) is 4. The molecule has 4 aliphatic rings. The van der Waals surface area contributed by atoms with Crippen molar-refractivity contribution in [3.63, 3.8) is 0 Å². The van der Waals surface area contributed by atoms with Gasteiger partial charge in [0.25, 0.3) is 0 Å². The molecule has 11 heteroatoms. The second kappa shape index (κ2) is 11.7. The first-order valence-electron chi connectivity index (χ1n) is 14.6. The number of ketones is 2. The van der Waals surface area contributed by atoms with Crippen LogP contribution in [0, 0.1) is 28.6 Å². The van der Waals surface area contributed by atoms with Gasteiger partial charge in [0.05, 0.1) is 6.42 Å². The lowest BCUT2D eigenvalue weighted by molar-refractivity contribution is -0.170. The lowest BCUT2D eigenvalue weighted by Gasteiger charge is -2.58. The number of hydrogen-bond acceptors (Lipinski definition) is 8. The van der Waals surface area contributed by atoms with Gasteiger partial charge in [-0.05, 0) is 80.6 Å². The molecule has 0 bridgehead atoms. The molecule has 41 heavy (non-hydrogen) atoms. The highest BCUT2D eigenvalue weighted by Gasteiger charge is 2.66. The molecule has 0 aromatic heterocycles. The van der Waals surface area contributed by atoms with Crippen molar-refractivity contribution >= 4 is 35.4 Å². The quantitative estimate of drug-likeness (QED) is 0.267.